The Morgan fingerprint density at radius 2 is 1.86 bits per heavy atom. The van der Waals surface area contributed by atoms with E-state index < -0.39 is 44.5 Å². The first-order valence-corrected chi connectivity index (χ1v) is 15.3. The predicted molar refractivity (Wildman–Crippen MR) is 135 cm³/mol. The van der Waals surface area contributed by atoms with Gasteiger partial charge in [0, 0.05) is 5.56 Å². The van der Waals surface area contributed by atoms with Gasteiger partial charge in [0.1, 0.15) is 38.8 Å². The molecule has 2 aliphatic heterocycles. The van der Waals surface area contributed by atoms with Gasteiger partial charge < -0.3 is 24.6 Å². The molecule has 0 bridgehead atoms. The van der Waals surface area contributed by atoms with Gasteiger partial charge in [-0.1, -0.05) is 43.8 Å². The normalized spacial score (nSPS) is 25.7. The topological polar surface area (TPSA) is 121 Å². The second-order valence-corrected chi connectivity index (χ2v) is 15.1. The molecular formula is C25H29N5O5Si. The van der Waals surface area contributed by atoms with Crippen molar-refractivity contribution < 1.29 is 24.1 Å². The third-order valence-corrected chi connectivity index (χ3v) is 6.77. The molecule has 188 valence electrons. The number of ether oxygens (including phenoxy) is 3. The number of carbonyl (C=O) groups excluding carboxylic acids is 1. The third-order valence-electron chi connectivity index (χ3n) is 5.87. The van der Waals surface area contributed by atoms with Gasteiger partial charge in [0.15, 0.2) is 29.0 Å². The number of fused-ring (bicyclic) bond motifs is 2. The fourth-order valence-corrected chi connectivity index (χ4v) is 4.94. The van der Waals surface area contributed by atoms with E-state index in [9.17, 15) is 9.90 Å². The number of hydrogen-bond acceptors (Lipinski definition) is 8. The molecule has 1 aromatic carbocycles. The van der Waals surface area contributed by atoms with Crippen LogP contribution in [-0.4, -0.2) is 68.8 Å². The molecule has 5 atom stereocenters. The molecule has 5 rings (SSSR count). The summed E-state index contributed by atoms with van der Waals surface area (Å²) in [5.41, 5.74) is 4.56. The van der Waals surface area contributed by atoms with Crippen molar-refractivity contribution in [3.8, 4) is 11.5 Å². The molecule has 0 saturated carbocycles. The number of anilines is 1. The minimum absolute atomic E-state index is 0.281. The van der Waals surface area contributed by atoms with Gasteiger partial charge >= 0.3 is 0 Å². The molecule has 36 heavy (non-hydrogen) atoms. The molecule has 1 amide bonds. The average molecular weight is 508 g/mol. The van der Waals surface area contributed by atoms with Crippen molar-refractivity contribution in [1.82, 2.24) is 19.5 Å². The largest absolute Gasteiger partial charge is 0.378 e. The number of aromatic nitrogens is 4. The van der Waals surface area contributed by atoms with E-state index in [4.69, 9.17) is 14.2 Å². The summed E-state index contributed by atoms with van der Waals surface area (Å²) in [5, 5.41) is 13.7. The highest BCUT2D eigenvalue weighted by Crippen LogP contribution is 2.44. The highest BCUT2D eigenvalue weighted by Gasteiger charge is 2.57. The molecule has 10 nitrogen and oxygen atoms in total. The smallest absolute Gasteiger partial charge is 0.256 e. The predicted octanol–water partition coefficient (Wildman–Crippen LogP) is 2.74. The molecule has 2 saturated heterocycles. The van der Waals surface area contributed by atoms with Gasteiger partial charge in [-0.3, -0.25) is 9.36 Å². The maximum Gasteiger partial charge on any atom is 0.256 e. The summed E-state index contributed by atoms with van der Waals surface area (Å²) in [5.74, 6) is 2.08. The highest BCUT2D eigenvalue weighted by molar-refractivity contribution is 6.83. The lowest BCUT2D eigenvalue weighted by Crippen LogP contribution is -2.38. The molecular weight excluding hydrogens is 478 g/mol. The van der Waals surface area contributed by atoms with Crippen LogP contribution in [0.3, 0.4) is 0 Å². The molecule has 0 spiro atoms. The minimum Gasteiger partial charge on any atom is -0.378 e. The quantitative estimate of drug-likeness (QED) is 0.409. The van der Waals surface area contributed by atoms with Crippen molar-refractivity contribution in [1.29, 1.82) is 0 Å². The first-order valence-electron chi connectivity index (χ1n) is 11.8. The Balaban J connectivity index is 1.46. The zero-order chi connectivity index (χ0) is 25.7. The summed E-state index contributed by atoms with van der Waals surface area (Å²) >= 11 is 0. The van der Waals surface area contributed by atoms with Gasteiger partial charge in [-0.05, 0) is 26.0 Å². The lowest BCUT2D eigenvalue weighted by atomic mass is 10.1. The van der Waals surface area contributed by atoms with Crippen LogP contribution in [0, 0.1) is 11.5 Å². The summed E-state index contributed by atoms with van der Waals surface area (Å²) in [6, 6.07) is 8.85. The van der Waals surface area contributed by atoms with E-state index in [0.717, 1.165) is 0 Å². The van der Waals surface area contributed by atoms with E-state index in [-0.39, 0.29) is 11.7 Å². The van der Waals surface area contributed by atoms with Crippen LogP contribution in [0.5, 0.6) is 0 Å². The summed E-state index contributed by atoms with van der Waals surface area (Å²) < 4.78 is 20.3. The Bertz CT molecular complexity index is 1340. The van der Waals surface area contributed by atoms with Crippen molar-refractivity contribution in [2.45, 2.75) is 69.9 Å². The first-order chi connectivity index (χ1) is 17.0. The number of hydrogen-bond donors (Lipinski definition) is 2. The standard InChI is InChI=1S/C25H29N5O5Si/c1-25(2)34-19-18(16(31)11-12-36(3,4)5)33-24(20(19)35-25)30-14-28-17-21(26-13-27-22(17)30)29-23(32)15-9-7-6-8-10-15/h6-10,13-14,16,18-20,24,31H,1-5H3,(H,26,27,29,32)/t16-,18+,19+,20+,24+/m0/s1. The second-order valence-electron chi connectivity index (χ2n) is 10.4. The minimum atomic E-state index is -1.70. The van der Waals surface area contributed by atoms with E-state index >= 15 is 0 Å². The zero-order valence-corrected chi connectivity index (χ0v) is 21.8. The molecule has 3 aromatic rings. The summed E-state index contributed by atoms with van der Waals surface area (Å²) in [6.07, 6.45) is -0.580. The average Bonchev–Trinajstić information content (AvgIpc) is 3.48. The second kappa shape index (κ2) is 9.06. The zero-order valence-electron chi connectivity index (χ0n) is 20.8. The molecule has 0 radical (unpaired) electrons. The molecule has 2 aliphatic rings. The van der Waals surface area contributed by atoms with Crippen molar-refractivity contribution >= 4 is 31.0 Å². The van der Waals surface area contributed by atoms with Crippen molar-refractivity contribution in [3.63, 3.8) is 0 Å². The van der Waals surface area contributed by atoms with E-state index in [1.54, 1.807) is 35.2 Å². The maximum absolute atomic E-state index is 12.7. The van der Waals surface area contributed by atoms with Gasteiger partial charge in [0.05, 0.1) is 6.33 Å². The highest BCUT2D eigenvalue weighted by atomic mass is 28.3. The Morgan fingerprint density at radius 1 is 1.14 bits per heavy atom. The maximum atomic E-state index is 12.7. The van der Waals surface area contributed by atoms with Crippen LogP contribution in [0.4, 0.5) is 5.82 Å². The van der Waals surface area contributed by atoms with Gasteiger partial charge in [-0.25, -0.2) is 15.0 Å². The number of carbonyl (C=O) groups is 1. The van der Waals surface area contributed by atoms with Crippen LogP contribution in [-0.2, 0) is 14.2 Å². The lowest BCUT2D eigenvalue weighted by Gasteiger charge is -2.25. The molecule has 11 heteroatoms. The molecule has 0 unspecified atom stereocenters. The van der Waals surface area contributed by atoms with E-state index in [1.807, 2.05) is 19.9 Å². The van der Waals surface area contributed by atoms with Gasteiger partial charge in [0.2, 0.25) is 0 Å². The van der Waals surface area contributed by atoms with E-state index in [1.165, 1.54) is 6.33 Å². The number of amides is 1. The molecule has 2 aromatic heterocycles. The van der Waals surface area contributed by atoms with Gasteiger partial charge in [0.25, 0.3) is 5.91 Å². The van der Waals surface area contributed by atoms with Crippen molar-refractivity contribution in [3.05, 3.63) is 48.5 Å². The fourth-order valence-electron chi connectivity index (χ4n) is 4.36. The number of aliphatic hydroxyl groups is 1. The fraction of sp³-hybridized carbons (Fsp3) is 0.440. The number of benzene rings is 1. The Morgan fingerprint density at radius 3 is 2.58 bits per heavy atom. The van der Waals surface area contributed by atoms with Gasteiger partial charge in [-0.2, -0.15) is 0 Å². The summed E-state index contributed by atoms with van der Waals surface area (Å²) in [6.45, 7) is 9.97. The number of aliphatic hydroxyl groups excluding tert-OH is 1. The molecule has 2 fully saturated rings. The van der Waals surface area contributed by atoms with Crippen LogP contribution >= 0.6 is 0 Å². The van der Waals surface area contributed by atoms with Crippen LogP contribution in [0.15, 0.2) is 43.0 Å². The lowest BCUT2D eigenvalue weighted by molar-refractivity contribution is -0.203. The molecule has 2 N–H and O–H groups in total. The van der Waals surface area contributed by atoms with Crippen molar-refractivity contribution in [2.75, 3.05) is 5.32 Å². The third kappa shape index (κ3) is 4.78. The summed E-state index contributed by atoms with van der Waals surface area (Å²) in [7, 11) is -1.70. The first kappa shape index (κ1) is 24.5. The molecule has 0 aliphatic carbocycles. The monoisotopic (exact) mass is 507 g/mol. The number of imidazole rings is 1. The van der Waals surface area contributed by atoms with E-state index in [0.29, 0.717) is 16.7 Å². The Hall–Kier alpha value is -3.14. The van der Waals surface area contributed by atoms with Crippen molar-refractivity contribution in [2.24, 2.45) is 0 Å². The van der Waals surface area contributed by atoms with Crippen LogP contribution in [0.25, 0.3) is 11.2 Å². The SMILES string of the molecule is CC1(C)O[C@H]2[C@@H](O1)[C@H](n1cnc3c(NC(=O)c4ccccc4)ncnc31)O[C@@H]2[C@@H](O)C#C[Si](C)(C)C. The van der Waals surface area contributed by atoms with Crippen LogP contribution < -0.4 is 5.32 Å². The van der Waals surface area contributed by atoms with Crippen LogP contribution in [0.1, 0.15) is 30.4 Å². The summed E-state index contributed by atoms with van der Waals surface area (Å²) in [4.78, 5) is 25.8. The van der Waals surface area contributed by atoms with E-state index in [2.05, 4.69) is 51.4 Å². The Labute approximate surface area is 210 Å². The number of nitrogens with one attached hydrogen (secondary N) is 1. The Kier molecular flexibility index (Phi) is 6.18. The molecule has 4 heterocycles. The van der Waals surface area contributed by atoms with Crippen LogP contribution in [0.2, 0.25) is 19.6 Å². The van der Waals surface area contributed by atoms with Gasteiger partial charge in [-0.15, -0.1) is 5.54 Å². The number of rotatable bonds is 4. The number of nitrogens with zero attached hydrogens (tertiary/aromatic N) is 4.